The molecular weight excluding hydrogens is 217 g/mol. The topological polar surface area (TPSA) is 101 Å². The van der Waals surface area contributed by atoms with E-state index in [2.05, 4.69) is 0 Å². The van der Waals surface area contributed by atoms with E-state index in [-0.39, 0.29) is 24.7 Å². The van der Waals surface area contributed by atoms with Crippen molar-refractivity contribution in [3.63, 3.8) is 0 Å². The summed E-state index contributed by atoms with van der Waals surface area (Å²) in [7, 11) is -3.13. The molecule has 1 radical (unpaired) electrons. The first-order chi connectivity index (χ1) is 6.87. The van der Waals surface area contributed by atoms with Crippen LogP contribution < -0.4 is 5.73 Å². The van der Waals surface area contributed by atoms with Crippen molar-refractivity contribution >= 4 is 13.3 Å². The van der Waals surface area contributed by atoms with Crippen molar-refractivity contribution in [1.82, 2.24) is 0 Å². The summed E-state index contributed by atoms with van der Waals surface area (Å²) >= 11 is 0. The first-order valence-electron chi connectivity index (χ1n) is 4.93. The maximum absolute atomic E-state index is 11.6. The third-order valence-corrected chi connectivity index (χ3v) is 4.24. The first-order valence-corrected chi connectivity index (χ1v) is 6.96. The molecule has 0 spiro atoms. The van der Waals surface area contributed by atoms with Gasteiger partial charge in [-0.1, -0.05) is 6.92 Å². The van der Waals surface area contributed by atoms with E-state index in [1.54, 1.807) is 6.92 Å². The molecular formula is C9H19NO4P. The number of nitrogens with two attached hydrogens (primary N) is 1. The second-order valence-corrected chi connectivity index (χ2v) is 6.32. The van der Waals surface area contributed by atoms with Gasteiger partial charge in [0.15, 0.2) is 0 Å². The molecule has 5 nitrogen and oxygen atoms in total. The summed E-state index contributed by atoms with van der Waals surface area (Å²) in [5.74, 6) is -0.917. The molecule has 0 saturated carbocycles. The average molecular weight is 236 g/mol. The highest BCUT2D eigenvalue weighted by Gasteiger charge is 2.21. The molecule has 0 fully saturated rings. The minimum Gasteiger partial charge on any atom is -0.481 e. The third-order valence-electron chi connectivity index (χ3n) is 2.09. The van der Waals surface area contributed by atoms with Crippen LogP contribution in [-0.4, -0.2) is 28.3 Å². The van der Waals surface area contributed by atoms with Crippen LogP contribution in [-0.2, 0) is 9.36 Å². The standard InChI is InChI=1S/C9H19NO4P/c1-8(3-4-9(11)12)7-15(13,14)6-2-5-10/h5,8H,2-4,6-7,10H2,1H3,(H,11,12)(H,13,14). The minimum absolute atomic E-state index is 0.0458. The Morgan fingerprint density at radius 2 is 2.20 bits per heavy atom. The number of carboxylic acid groups (broad SMARTS) is 1. The van der Waals surface area contributed by atoms with Crippen LogP contribution in [0.15, 0.2) is 0 Å². The number of hydrogen-bond donors (Lipinski definition) is 3. The maximum Gasteiger partial charge on any atom is 0.303 e. The van der Waals surface area contributed by atoms with E-state index in [4.69, 9.17) is 10.8 Å². The Kier molecular flexibility index (Phi) is 6.81. The van der Waals surface area contributed by atoms with Crippen molar-refractivity contribution in [3.05, 3.63) is 6.54 Å². The van der Waals surface area contributed by atoms with Crippen LogP contribution in [0, 0.1) is 12.5 Å². The molecule has 0 aromatic heterocycles. The van der Waals surface area contributed by atoms with Gasteiger partial charge in [-0.3, -0.25) is 9.36 Å². The predicted octanol–water partition coefficient (Wildman–Crippen LogP) is 1.27. The zero-order valence-electron chi connectivity index (χ0n) is 8.93. The van der Waals surface area contributed by atoms with Crippen LogP contribution in [0.5, 0.6) is 0 Å². The highest BCUT2D eigenvalue weighted by atomic mass is 31.2. The quantitative estimate of drug-likeness (QED) is 0.551. The summed E-state index contributed by atoms with van der Waals surface area (Å²) in [4.78, 5) is 19.8. The summed E-state index contributed by atoms with van der Waals surface area (Å²) in [6, 6.07) is 0. The summed E-state index contributed by atoms with van der Waals surface area (Å²) < 4.78 is 11.6. The molecule has 0 aliphatic heterocycles. The lowest BCUT2D eigenvalue weighted by Crippen LogP contribution is -2.08. The fourth-order valence-electron chi connectivity index (χ4n) is 1.32. The molecule has 0 bridgehead atoms. The molecule has 15 heavy (non-hydrogen) atoms. The smallest absolute Gasteiger partial charge is 0.303 e. The fraction of sp³-hybridized carbons (Fsp3) is 0.778. The first kappa shape index (κ1) is 14.6. The lowest BCUT2D eigenvalue weighted by atomic mass is 10.1. The zero-order chi connectivity index (χ0) is 11.9. The highest BCUT2D eigenvalue weighted by molar-refractivity contribution is 7.58. The van der Waals surface area contributed by atoms with E-state index in [0.29, 0.717) is 12.8 Å². The second-order valence-electron chi connectivity index (χ2n) is 3.81. The maximum atomic E-state index is 11.6. The molecule has 6 heteroatoms. The summed E-state index contributed by atoms with van der Waals surface area (Å²) in [6.45, 7) is 3.16. The number of hydrogen-bond acceptors (Lipinski definition) is 3. The van der Waals surface area contributed by atoms with E-state index in [1.807, 2.05) is 0 Å². The van der Waals surface area contributed by atoms with Crippen LogP contribution in [0.4, 0.5) is 0 Å². The molecule has 0 aromatic carbocycles. The molecule has 2 unspecified atom stereocenters. The van der Waals surface area contributed by atoms with Crippen molar-refractivity contribution in [2.24, 2.45) is 11.7 Å². The van der Waals surface area contributed by atoms with Crippen LogP contribution >= 0.6 is 7.37 Å². The SMILES string of the molecule is CC(CCC(=O)O)CP(=O)(O)CC[CH]N. The molecule has 0 amide bonds. The van der Waals surface area contributed by atoms with Gasteiger partial charge in [0, 0.05) is 25.3 Å². The van der Waals surface area contributed by atoms with Gasteiger partial charge in [0.25, 0.3) is 0 Å². The predicted molar refractivity (Wildman–Crippen MR) is 58.7 cm³/mol. The third kappa shape index (κ3) is 8.60. The van der Waals surface area contributed by atoms with Crippen molar-refractivity contribution < 1.29 is 19.4 Å². The Balaban J connectivity index is 3.87. The molecule has 0 saturated heterocycles. The van der Waals surface area contributed by atoms with E-state index >= 15 is 0 Å². The number of rotatable bonds is 8. The Bertz CT molecular complexity index is 244. The Morgan fingerprint density at radius 1 is 1.60 bits per heavy atom. The molecule has 0 aromatic rings. The van der Waals surface area contributed by atoms with E-state index in [1.165, 1.54) is 6.54 Å². The minimum atomic E-state index is -3.13. The van der Waals surface area contributed by atoms with E-state index < -0.39 is 13.3 Å². The monoisotopic (exact) mass is 236 g/mol. The van der Waals surface area contributed by atoms with Crippen molar-refractivity contribution in [1.29, 1.82) is 0 Å². The highest BCUT2D eigenvalue weighted by Crippen LogP contribution is 2.43. The molecule has 0 heterocycles. The lowest BCUT2D eigenvalue weighted by Gasteiger charge is -2.15. The van der Waals surface area contributed by atoms with Gasteiger partial charge in [-0.05, 0) is 18.8 Å². The fourth-order valence-corrected chi connectivity index (χ4v) is 3.21. The summed E-state index contributed by atoms with van der Waals surface area (Å²) in [5.41, 5.74) is 5.13. The Hall–Kier alpha value is -0.380. The Labute approximate surface area is 90.1 Å². The normalized spacial score (nSPS) is 17.0. The second kappa shape index (κ2) is 6.99. The largest absolute Gasteiger partial charge is 0.481 e. The molecule has 0 rings (SSSR count). The van der Waals surface area contributed by atoms with Gasteiger partial charge < -0.3 is 15.7 Å². The molecule has 0 aliphatic rings. The van der Waals surface area contributed by atoms with Crippen LogP contribution in [0.25, 0.3) is 0 Å². The van der Waals surface area contributed by atoms with Gasteiger partial charge in [0.1, 0.15) is 0 Å². The average Bonchev–Trinajstić information content (AvgIpc) is 2.11. The molecule has 2 atom stereocenters. The summed E-state index contributed by atoms with van der Waals surface area (Å²) in [5, 5.41) is 8.45. The lowest BCUT2D eigenvalue weighted by molar-refractivity contribution is -0.137. The van der Waals surface area contributed by atoms with Crippen LogP contribution in [0.3, 0.4) is 0 Å². The number of carbonyl (C=O) groups is 1. The summed E-state index contributed by atoms with van der Waals surface area (Å²) in [6.07, 6.45) is 1.25. The van der Waals surface area contributed by atoms with Crippen molar-refractivity contribution in [2.75, 3.05) is 12.3 Å². The molecule has 89 valence electrons. The van der Waals surface area contributed by atoms with Crippen LogP contribution in [0.1, 0.15) is 26.2 Å². The van der Waals surface area contributed by atoms with Gasteiger partial charge >= 0.3 is 5.97 Å². The van der Waals surface area contributed by atoms with Crippen molar-refractivity contribution in [2.45, 2.75) is 26.2 Å². The van der Waals surface area contributed by atoms with Gasteiger partial charge in [-0.2, -0.15) is 0 Å². The van der Waals surface area contributed by atoms with Crippen molar-refractivity contribution in [3.8, 4) is 0 Å². The Morgan fingerprint density at radius 3 is 2.67 bits per heavy atom. The van der Waals surface area contributed by atoms with Gasteiger partial charge in [0.2, 0.25) is 7.37 Å². The molecule has 4 N–H and O–H groups in total. The van der Waals surface area contributed by atoms with E-state index in [0.717, 1.165) is 0 Å². The zero-order valence-corrected chi connectivity index (χ0v) is 9.82. The van der Waals surface area contributed by atoms with Gasteiger partial charge in [0.05, 0.1) is 0 Å². The van der Waals surface area contributed by atoms with Gasteiger partial charge in [-0.15, -0.1) is 0 Å². The van der Waals surface area contributed by atoms with Gasteiger partial charge in [-0.25, -0.2) is 0 Å². The number of carboxylic acids is 1. The van der Waals surface area contributed by atoms with Crippen LogP contribution in [0.2, 0.25) is 0 Å². The number of aliphatic carboxylic acids is 1. The molecule has 0 aliphatic carbocycles. The van der Waals surface area contributed by atoms with E-state index in [9.17, 15) is 14.3 Å².